The van der Waals surface area contributed by atoms with Crippen LogP contribution in [-0.4, -0.2) is 31.9 Å². The van der Waals surface area contributed by atoms with E-state index in [9.17, 15) is 0 Å². The highest BCUT2D eigenvalue weighted by Crippen LogP contribution is 2.06. The van der Waals surface area contributed by atoms with Crippen LogP contribution in [0.3, 0.4) is 0 Å². The molecule has 1 aromatic carbocycles. The third-order valence-electron chi connectivity index (χ3n) is 2.00. The highest BCUT2D eigenvalue weighted by Gasteiger charge is 2.00. The number of rotatable bonds is 4. The minimum Gasteiger partial charge on any atom is -0.488 e. The fourth-order valence-corrected chi connectivity index (χ4v) is 1.27. The molecule has 0 aromatic heterocycles. The summed E-state index contributed by atoms with van der Waals surface area (Å²) in [4.78, 5) is 4.13. The van der Waals surface area contributed by atoms with E-state index in [4.69, 9.17) is 4.74 Å². The lowest BCUT2D eigenvalue weighted by Crippen LogP contribution is -2.30. The number of hydrogen-bond donors (Lipinski definition) is 2. The number of nitrogens with zero attached hydrogens (tertiary/aromatic N) is 2. The van der Waals surface area contributed by atoms with Crippen molar-refractivity contribution in [3.8, 4) is 5.75 Å². The number of hydrazone groups is 1. The summed E-state index contributed by atoms with van der Waals surface area (Å²) in [6, 6.07) is 9.63. The molecule has 16 heavy (non-hydrogen) atoms. The SMILES string of the molecule is C(/COc1ccccc1)=N\NC1=NCCN1. The Kier molecular flexibility index (Phi) is 3.76. The van der Waals surface area contributed by atoms with Crippen molar-refractivity contribution in [3.63, 3.8) is 0 Å². The number of nitrogens with one attached hydrogen (secondary N) is 2. The number of benzene rings is 1. The van der Waals surface area contributed by atoms with Crippen LogP contribution in [0.25, 0.3) is 0 Å². The second-order valence-corrected chi connectivity index (χ2v) is 3.20. The van der Waals surface area contributed by atoms with Gasteiger partial charge in [-0.05, 0) is 12.1 Å². The first kappa shape index (κ1) is 10.5. The normalized spacial score (nSPS) is 14.6. The molecule has 0 unspecified atom stereocenters. The summed E-state index contributed by atoms with van der Waals surface area (Å²) in [6.45, 7) is 2.11. The Morgan fingerprint density at radius 2 is 2.31 bits per heavy atom. The Labute approximate surface area is 94.2 Å². The van der Waals surface area contributed by atoms with Crippen LogP contribution in [-0.2, 0) is 0 Å². The van der Waals surface area contributed by atoms with Crippen molar-refractivity contribution >= 4 is 12.2 Å². The number of guanidine groups is 1. The van der Waals surface area contributed by atoms with Crippen LogP contribution in [0.1, 0.15) is 0 Å². The van der Waals surface area contributed by atoms with Crippen molar-refractivity contribution in [1.29, 1.82) is 0 Å². The molecule has 0 bridgehead atoms. The molecule has 2 rings (SSSR count). The monoisotopic (exact) mass is 218 g/mol. The first-order valence-electron chi connectivity index (χ1n) is 5.19. The van der Waals surface area contributed by atoms with Crippen molar-refractivity contribution in [2.24, 2.45) is 10.1 Å². The second-order valence-electron chi connectivity index (χ2n) is 3.20. The lowest BCUT2D eigenvalue weighted by atomic mass is 10.3. The molecule has 5 heteroatoms. The van der Waals surface area contributed by atoms with E-state index in [-0.39, 0.29) is 0 Å². The van der Waals surface area contributed by atoms with Gasteiger partial charge >= 0.3 is 0 Å². The summed E-state index contributed by atoms with van der Waals surface area (Å²) in [7, 11) is 0. The summed E-state index contributed by atoms with van der Waals surface area (Å²) in [6.07, 6.45) is 1.66. The van der Waals surface area contributed by atoms with E-state index in [0.29, 0.717) is 6.61 Å². The van der Waals surface area contributed by atoms with Gasteiger partial charge in [0.2, 0.25) is 5.96 Å². The van der Waals surface area contributed by atoms with Gasteiger partial charge in [-0.3, -0.25) is 0 Å². The van der Waals surface area contributed by atoms with Crippen molar-refractivity contribution in [2.75, 3.05) is 19.7 Å². The topological polar surface area (TPSA) is 58.0 Å². The molecule has 5 nitrogen and oxygen atoms in total. The minimum absolute atomic E-state index is 0.435. The zero-order chi connectivity index (χ0) is 11.1. The van der Waals surface area contributed by atoms with Crippen LogP contribution in [0.5, 0.6) is 5.75 Å². The van der Waals surface area contributed by atoms with Gasteiger partial charge in [0.15, 0.2) is 0 Å². The smallest absolute Gasteiger partial charge is 0.212 e. The van der Waals surface area contributed by atoms with Gasteiger partial charge < -0.3 is 10.1 Å². The zero-order valence-corrected chi connectivity index (χ0v) is 8.89. The maximum Gasteiger partial charge on any atom is 0.212 e. The average Bonchev–Trinajstić information content (AvgIpc) is 2.83. The summed E-state index contributed by atoms with van der Waals surface area (Å²) < 4.78 is 5.42. The third-order valence-corrected chi connectivity index (χ3v) is 2.00. The molecule has 0 aliphatic carbocycles. The van der Waals surface area contributed by atoms with Crippen molar-refractivity contribution < 1.29 is 4.74 Å². The van der Waals surface area contributed by atoms with E-state index in [2.05, 4.69) is 20.8 Å². The molecule has 84 valence electrons. The van der Waals surface area contributed by atoms with E-state index in [1.165, 1.54) is 0 Å². The molecule has 0 fully saturated rings. The lowest BCUT2D eigenvalue weighted by Gasteiger charge is -2.02. The predicted octanol–water partition coefficient (Wildman–Crippen LogP) is 0.600. The molecule has 1 aliphatic heterocycles. The van der Waals surface area contributed by atoms with Crippen molar-refractivity contribution in [3.05, 3.63) is 30.3 Å². The molecular weight excluding hydrogens is 204 g/mol. The highest BCUT2D eigenvalue weighted by atomic mass is 16.5. The lowest BCUT2D eigenvalue weighted by molar-refractivity contribution is 0.380. The Balaban J connectivity index is 1.66. The molecule has 0 saturated carbocycles. The predicted molar refractivity (Wildman–Crippen MR) is 63.9 cm³/mol. The van der Waals surface area contributed by atoms with Gasteiger partial charge in [-0.2, -0.15) is 5.10 Å². The molecule has 0 atom stereocenters. The van der Waals surface area contributed by atoms with Gasteiger partial charge in [-0.15, -0.1) is 0 Å². The van der Waals surface area contributed by atoms with Gasteiger partial charge in [0.05, 0.1) is 12.8 Å². The van der Waals surface area contributed by atoms with E-state index in [0.717, 1.165) is 24.8 Å². The third kappa shape index (κ3) is 3.27. The van der Waals surface area contributed by atoms with E-state index in [1.54, 1.807) is 6.21 Å². The molecule has 1 heterocycles. The summed E-state index contributed by atoms with van der Waals surface area (Å²) in [5, 5.41) is 7.02. The van der Waals surface area contributed by atoms with Crippen LogP contribution in [0.4, 0.5) is 0 Å². The molecule has 2 N–H and O–H groups in total. The molecule has 1 aliphatic rings. The van der Waals surface area contributed by atoms with Gasteiger partial charge in [-0.25, -0.2) is 10.4 Å². The fourth-order valence-electron chi connectivity index (χ4n) is 1.27. The van der Waals surface area contributed by atoms with E-state index in [1.807, 2.05) is 30.3 Å². The van der Waals surface area contributed by atoms with Crippen LogP contribution in [0.2, 0.25) is 0 Å². The standard InChI is InChI=1S/C11H14N4O/c1-2-4-10(5-3-1)16-9-8-14-15-11-12-6-7-13-11/h1-5,8H,6-7,9H2,(H2,12,13,15)/b14-8+. The van der Waals surface area contributed by atoms with Crippen LogP contribution >= 0.6 is 0 Å². The quantitative estimate of drug-likeness (QED) is 0.574. The maximum atomic E-state index is 5.42. The Bertz CT molecular complexity index is 375. The summed E-state index contributed by atoms with van der Waals surface area (Å²) in [5.41, 5.74) is 2.80. The molecule has 1 aromatic rings. The zero-order valence-electron chi connectivity index (χ0n) is 8.89. The maximum absolute atomic E-state index is 5.42. The van der Waals surface area contributed by atoms with Crippen molar-refractivity contribution in [1.82, 2.24) is 10.7 Å². The molecule has 0 spiro atoms. The Hall–Kier alpha value is -2.04. The molecule has 0 amide bonds. The number of para-hydroxylation sites is 1. The van der Waals surface area contributed by atoms with Gasteiger partial charge in [-0.1, -0.05) is 18.2 Å². The molecule has 0 radical (unpaired) electrons. The van der Waals surface area contributed by atoms with Gasteiger partial charge in [0, 0.05) is 6.54 Å². The number of hydrogen-bond acceptors (Lipinski definition) is 5. The summed E-state index contributed by atoms with van der Waals surface area (Å²) in [5.74, 6) is 1.56. The van der Waals surface area contributed by atoms with Crippen LogP contribution in [0.15, 0.2) is 40.4 Å². The van der Waals surface area contributed by atoms with Gasteiger partial charge in [0.25, 0.3) is 0 Å². The van der Waals surface area contributed by atoms with E-state index < -0.39 is 0 Å². The number of ether oxygens (including phenoxy) is 1. The molecule has 0 saturated heterocycles. The Morgan fingerprint density at radius 3 is 3.06 bits per heavy atom. The largest absolute Gasteiger partial charge is 0.488 e. The second kappa shape index (κ2) is 5.75. The first-order valence-corrected chi connectivity index (χ1v) is 5.19. The van der Waals surface area contributed by atoms with Crippen molar-refractivity contribution in [2.45, 2.75) is 0 Å². The average molecular weight is 218 g/mol. The van der Waals surface area contributed by atoms with Gasteiger partial charge in [0.1, 0.15) is 12.4 Å². The first-order chi connectivity index (χ1) is 7.95. The van der Waals surface area contributed by atoms with Crippen LogP contribution < -0.4 is 15.5 Å². The Morgan fingerprint density at radius 1 is 1.44 bits per heavy atom. The fraction of sp³-hybridized carbons (Fsp3) is 0.273. The molecular formula is C11H14N4O. The number of aliphatic imine (C=N–C) groups is 1. The minimum atomic E-state index is 0.435. The summed E-state index contributed by atoms with van der Waals surface area (Å²) >= 11 is 0. The van der Waals surface area contributed by atoms with Crippen LogP contribution in [0, 0.1) is 0 Å². The van der Waals surface area contributed by atoms with E-state index >= 15 is 0 Å². The highest BCUT2D eigenvalue weighted by molar-refractivity contribution is 5.81.